The molecular weight excluding hydrogens is 300 g/mol. The standard InChI is InChI=1S/C14H14N6OS/c21-10(14-15-3-6-22-14)7-20-9-18-11-12(16-8-17-13(11)20)19-4-1-2-5-19/h3,6,8-9H,1-2,4-5,7H2. The first kappa shape index (κ1) is 13.3. The number of aromatic nitrogens is 5. The molecule has 0 aliphatic carbocycles. The van der Waals surface area contributed by atoms with Crippen LogP contribution in [-0.2, 0) is 6.54 Å². The van der Waals surface area contributed by atoms with Crippen LogP contribution < -0.4 is 4.90 Å². The van der Waals surface area contributed by atoms with Crippen molar-refractivity contribution in [2.45, 2.75) is 19.4 Å². The first-order valence-electron chi connectivity index (χ1n) is 7.16. The normalized spacial score (nSPS) is 14.8. The number of fused-ring (bicyclic) bond motifs is 1. The van der Waals surface area contributed by atoms with Gasteiger partial charge in [-0.2, -0.15) is 0 Å². The van der Waals surface area contributed by atoms with Gasteiger partial charge in [-0.25, -0.2) is 19.9 Å². The summed E-state index contributed by atoms with van der Waals surface area (Å²) >= 11 is 1.35. The second kappa shape index (κ2) is 5.45. The zero-order chi connectivity index (χ0) is 14.9. The summed E-state index contributed by atoms with van der Waals surface area (Å²) in [6.07, 6.45) is 7.19. The third-order valence-electron chi connectivity index (χ3n) is 3.77. The summed E-state index contributed by atoms with van der Waals surface area (Å²) in [5.41, 5.74) is 1.46. The van der Waals surface area contributed by atoms with Crippen molar-refractivity contribution in [1.29, 1.82) is 0 Å². The van der Waals surface area contributed by atoms with E-state index in [0.29, 0.717) is 10.7 Å². The lowest BCUT2D eigenvalue weighted by Gasteiger charge is -2.15. The molecule has 0 saturated carbocycles. The van der Waals surface area contributed by atoms with Crippen LogP contribution in [-0.4, -0.2) is 43.4 Å². The van der Waals surface area contributed by atoms with E-state index in [-0.39, 0.29) is 12.3 Å². The predicted molar refractivity (Wildman–Crippen MR) is 83.2 cm³/mol. The molecule has 0 unspecified atom stereocenters. The van der Waals surface area contributed by atoms with Gasteiger partial charge in [0.15, 0.2) is 22.0 Å². The number of hydrogen-bond donors (Lipinski definition) is 0. The minimum atomic E-state index is -0.0318. The molecule has 0 amide bonds. The SMILES string of the molecule is O=C(Cn1cnc2c(N3CCCC3)ncnc21)c1nccs1. The van der Waals surface area contributed by atoms with E-state index in [2.05, 4.69) is 24.8 Å². The first-order valence-corrected chi connectivity index (χ1v) is 8.04. The van der Waals surface area contributed by atoms with Crippen molar-refractivity contribution >= 4 is 34.1 Å². The maximum absolute atomic E-state index is 12.2. The Balaban J connectivity index is 1.68. The van der Waals surface area contributed by atoms with Crippen molar-refractivity contribution in [3.05, 3.63) is 29.2 Å². The third kappa shape index (κ3) is 2.25. The molecular formula is C14H14N6OS. The summed E-state index contributed by atoms with van der Waals surface area (Å²) in [5, 5.41) is 2.31. The lowest BCUT2D eigenvalue weighted by atomic mass is 10.4. The molecule has 1 saturated heterocycles. The number of carbonyl (C=O) groups excluding carboxylic acids is 1. The molecule has 4 rings (SSSR count). The van der Waals surface area contributed by atoms with Crippen LogP contribution in [0, 0.1) is 0 Å². The molecule has 0 radical (unpaired) electrons. The maximum Gasteiger partial charge on any atom is 0.211 e. The van der Waals surface area contributed by atoms with Crippen LogP contribution in [0.5, 0.6) is 0 Å². The number of carbonyl (C=O) groups is 1. The van der Waals surface area contributed by atoms with Crippen molar-refractivity contribution in [3.8, 4) is 0 Å². The Kier molecular flexibility index (Phi) is 3.30. The Labute approximate surface area is 130 Å². The van der Waals surface area contributed by atoms with Gasteiger partial charge in [0.05, 0.1) is 12.9 Å². The highest BCUT2D eigenvalue weighted by Crippen LogP contribution is 2.24. The van der Waals surface area contributed by atoms with Gasteiger partial charge in [-0.3, -0.25) is 4.79 Å². The molecule has 1 aliphatic heterocycles. The molecule has 1 fully saturated rings. The quantitative estimate of drug-likeness (QED) is 0.683. The Morgan fingerprint density at radius 2 is 2.05 bits per heavy atom. The van der Waals surface area contributed by atoms with E-state index in [9.17, 15) is 4.79 Å². The number of hydrogen-bond acceptors (Lipinski definition) is 7. The average molecular weight is 314 g/mol. The van der Waals surface area contributed by atoms with E-state index >= 15 is 0 Å². The van der Waals surface area contributed by atoms with Crippen LogP contribution in [0.1, 0.15) is 22.6 Å². The number of thiazole rings is 1. The van der Waals surface area contributed by atoms with Crippen LogP contribution in [0.3, 0.4) is 0 Å². The fourth-order valence-electron chi connectivity index (χ4n) is 2.73. The summed E-state index contributed by atoms with van der Waals surface area (Å²) in [5.74, 6) is 0.832. The molecule has 7 nitrogen and oxygen atoms in total. The van der Waals surface area contributed by atoms with Gasteiger partial charge in [-0.1, -0.05) is 0 Å². The first-order chi connectivity index (χ1) is 10.8. The van der Waals surface area contributed by atoms with Gasteiger partial charge >= 0.3 is 0 Å². The van der Waals surface area contributed by atoms with E-state index in [1.54, 1.807) is 28.8 Å². The molecule has 0 N–H and O–H groups in total. The minimum Gasteiger partial charge on any atom is -0.355 e. The van der Waals surface area contributed by atoms with Gasteiger partial charge < -0.3 is 9.47 Å². The Bertz CT molecular complexity index is 806. The predicted octanol–water partition coefficient (Wildman–Crippen LogP) is 1.77. The molecule has 8 heteroatoms. The van der Waals surface area contributed by atoms with Crippen LogP contribution in [0.4, 0.5) is 5.82 Å². The highest BCUT2D eigenvalue weighted by molar-refractivity contribution is 7.11. The van der Waals surface area contributed by atoms with Gasteiger partial charge in [-0.15, -0.1) is 11.3 Å². The maximum atomic E-state index is 12.2. The third-order valence-corrected chi connectivity index (χ3v) is 4.59. The lowest BCUT2D eigenvalue weighted by Crippen LogP contribution is -2.19. The number of ketones is 1. The van der Waals surface area contributed by atoms with Crippen LogP contribution in [0.2, 0.25) is 0 Å². The second-order valence-electron chi connectivity index (χ2n) is 5.20. The largest absolute Gasteiger partial charge is 0.355 e. The molecule has 112 valence electrons. The summed E-state index contributed by atoms with van der Waals surface area (Å²) in [7, 11) is 0. The van der Waals surface area contributed by atoms with E-state index in [1.165, 1.54) is 24.2 Å². The Morgan fingerprint density at radius 3 is 2.82 bits per heavy atom. The summed E-state index contributed by atoms with van der Waals surface area (Å²) in [4.78, 5) is 31.6. The molecule has 0 bridgehead atoms. The molecule has 4 heterocycles. The van der Waals surface area contributed by atoms with Crippen LogP contribution in [0.15, 0.2) is 24.2 Å². The van der Waals surface area contributed by atoms with Crippen molar-refractivity contribution in [3.63, 3.8) is 0 Å². The molecule has 1 aliphatic rings. The number of nitrogens with zero attached hydrogens (tertiary/aromatic N) is 6. The smallest absolute Gasteiger partial charge is 0.211 e. The monoisotopic (exact) mass is 314 g/mol. The topological polar surface area (TPSA) is 76.8 Å². The molecule has 3 aromatic rings. The van der Waals surface area contributed by atoms with E-state index in [4.69, 9.17) is 0 Å². The van der Waals surface area contributed by atoms with E-state index in [0.717, 1.165) is 24.4 Å². The fourth-order valence-corrected chi connectivity index (χ4v) is 3.30. The zero-order valence-corrected chi connectivity index (χ0v) is 12.7. The van der Waals surface area contributed by atoms with Gasteiger partial charge in [-0.05, 0) is 12.8 Å². The lowest BCUT2D eigenvalue weighted by molar-refractivity contribution is 0.0973. The van der Waals surface area contributed by atoms with Gasteiger partial charge in [0.1, 0.15) is 6.33 Å². The average Bonchev–Trinajstić information content (AvgIpc) is 3.29. The summed E-state index contributed by atoms with van der Waals surface area (Å²) in [6.45, 7) is 2.19. The van der Waals surface area contributed by atoms with Crippen molar-refractivity contribution in [2.75, 3.05) is 18.0 Å². The zero-order valence-electron chi connectivity index (χ0n) is 11.8. The number of rotatable bonds is 4. The number of Topliss-reactive ketones (excluding diaryl/α,β-unsaturated/α-hetero) is 1. The second-order valence-corrected chi connectivity index (χ2v) is 6.09. The minimum absolute atomic E-state index is 0.0318. The van der Waals surface area contributed by atoms with Crippen LogP contribution in [0.25, 0.3) is 11.2 Å². The van der Waals surface area contributed by atoms with Gasteiger partial charge in [0, 0.05) is 24.7 Å². The summed E-state index contributed by atoms with van der Waals surface area (Å²) < 4.78 is 1.76. The van der Waals surface area contributed by atoms with E-state index < -0.39 is 0 Å². The van der Waals surface area contributed by atoms with Crippen molar-refractivity contribution in [2.24, 2.45) is 0 Å². The number of anilines is 1. The summed E-state index contributed by atoms with van der Waals surface area (Å²) in [6, 6.07) is 0. The molecule has 0 spiro atoms. The Hall–Kier alpha value is -2.35. The molecule has 0 atom stereocenters. The van der Waals surface area contributed by atoms with Crippen LogP contribution >= 0.6 is 11.3 Å². The Morgan fingerprint density at radius 1 is 1.18 bits per heavy atom. The van der Waals surface area contributed by atoms with Gasteiger partial charge in [0.25, 0.3) is 0 Å². The van der Waals surface area contributed by atoms with Gasteiger partial charge in [0.2, 0.25) is 5.78 Å². The fraction of sp³-hybridized carbons (Fsp3) is 0.357. The van der Waals surface area contributed by atoms with E-state index in [1.807, 2.05) is 0 Å². The highest BCUT2D eigenvalue weighted by Gasteiger charge is 2.20. The van der Waals surface area contributed by atoms with Crippen molar-refractivity contribution in [1.82, 2.24) is 24.5 Å². The number of imidazole rings is 1. The van der Waals surface area contributed by atoms with Crippen molar-refractivity contribution < 1.29 is 4.79 Å². The highest BCUT2D eigenvalue weighted by atomic mass is 32.1. The molecule has 3 aromatic heterocycles. The molecule has 22 heavy (non-hydrogen) atoms. The molecule has 0 aromatic carbocycles.